The van der Waals surface area contributed by atoms with E-state index in [0.717, 1.165) is 5.69 Å². The van der Waals surface area contributed by atoms with E-state index in [4.69, 9.17) is 10.8 Å². The first-order valence-corrected chi connectivity index (χ1v) is 7.70. The van der Waals surface area contributed by atoms with Crippen molar-refractivity contribution in [1.82, 2.24) is 15.5 Å². The van der Waals surface area contributed by atoms with Crippen LogP contribution >= 0.6 is 0 Å². The molecule has 0 saturated carbocycles. The number of hydrogen-bond donors (Lipinski definition) is 4. The number of nitrogens with two attached hydrogens (primary N) is 1. The molecule has 1 aromatic heterocycles. The summed E-state index contributed by atoms with van der Waals surface area (Å²) in [6, 6.07) is 8.67. The topological polar surface area (TPSA) is 125 Å². The van der Waals surface area contributed by atoms with Gasteiger partial charge in [-0.1, -0.05) is 12.1 Å². The van der Waals surface area contributed by atoms with E-state index in [1.165, 1.54) is 0 Å². The minimum Gasteiger partial charge on any atom is -0.507 e. The van der Waals surface area contributed by atoms with Crippen molar-refractivity contribution in [2.45, 2.75) is 18.9 Å². The number of anilines is 2. The summed E-state index contributed by atoms with van der Waals surface area (Å²) in [4.78, 5) is 12.8. The van der Waals surface area contributed by atoms with Crippen LogP contribution in [0.2, 0.25) is 0 Å². The number of aromatic nitrogens is 2. The van der Waals surface area contributed by atoms with Crippen LogP contribution in [-0.2, 0) is 0 Å². The Morgan fingerprint density at radius 1 is 1.25 bits per heavy atom. The molecule has 1 aromatic carbocycles. The number of nitrogens with one attached hydrogen (secondary N) is 1. The summed E-state index contributed by atoms with van der Waals surface area (Å²) < 4.78 is 0. The molecule has 1 saturated heterocycles. The Bertz CT molecular complexity index is 744. The molecule has 2 aromatic rings. The van der Waals surface area contributed by atoms with Crippen LogP contribution in [0.25, 0.3) is 11.3 Å². The van der Waals surface area contributed by atoms with E-state index < -0.39 is 6.09 Å². The lowest BCUT2D eigenvalue weighted by molar-refractivity contribution is 0.187. The number of benzene rings is 1. The largest absolute Gasteiger partial charge is 0.507 e. The molecule has 3 rings (SSSR count). The van der Waals surface area contributed by atoms with Crippen molar-refractivity contribution in [2.24, 2.45) is 0 Å². The molecule has 0 radical (unpaired) electrons. The molecule has 1 amide bonds. The third-order valence-electron chi connectivity index (χ3n) is 4.14. The van der Waals surface area contributed by atoms with Crippen LogP contribution in [0, 0.1) is 0 Å². The standard InChI is InChI=1S/C16H19N5O3/c17-15-13(21-7-5-10(6-8-21)18-16(23)24)9-12(19-20-15)11-3-1-2-4-14(11)22/h1-4,9-10,18,22H,5-8H2,(H2,17,20)(H,23,24). The number of carboxylic acid groups (broad SMARTS) is 1. The Hall–Kier alpha value is -3.03. The number of carbonyl (C=O) groups is 1. The van der Waals surface area contributed by atoms with Gasteiger partial charge in [-0.05, 0) is 31.0 Å². The maximum Gasteiger partial charge on any atom is 0.404 e. The molecule has 1 fully saturated rings. The summed E-state index contributed by atoms with van der Waals surface area (Å²) in [7, 11) is 0. The van der Waals surface area contributed by atoms with Gasteiger partial charge in [0.1, 0.15) is 5.75 Å². The van der Waals surface area contributed by atoms with Crippen LogP contribution in [0.15, 0.2) is 30.3 Å². The Kier molecular flexibility index (Phi) is 4.37. The van der Waals surface area contributed by atoms with Crippen LogP contribution in [-0.4, -0.2) is 45.6 Å². The number of amides is 1. The van der Waals surface area contributed by atoms with Gasteiger partial charge >= 0.3 is 6.09 Å². The second kappa shape index (κ2) is 6.61. The van der Waals surface area contributed by atoms with Crippen LogP contribution in [0.5, 0.6) is 5.75 Å². The molecule has 0 atom stereocenters. The molecular formula is C16H19N5O3. The predicted molar refractivity (Wildman–Crippen MR) is 89.9 cm³/mol. The van der Waals surface area contributed by atoms with Crippen molar-refractivity contribution in [3.8, 4) is 17.0 Å². The summed E-state index contributed by atoms with van der Waals surface area (Å²) in [5, 5.41) is 29.4. The van der Waals surface area contributed by atoms with E-state index in [-0.39, 0.29) is 11.8 Å². The molecule has 1 aliphatic rings. The Morgan fingerprint density at radius 2 is 1.96 bits per heavy atom. The zero-order valence-electron chi connectivity index (χ0n) is 13.0. The van der Waals surface area contributed by atoms with Crippen molar-refractivity contribution in [1.29, 1.82) is 0 Å². The van der Waals surface area contributed by atoms with Gasteiger partial charge in [0.15, 0.2) is 5.82 Å². The van der Waals surface area contributed by atoms with Crippen molar-refractivity contribution >= 4 is 17.6 Å². The third kappa shape index (κ3) is 3.32. The number of rotatable bonds is 3. The lowest BCUT2D eigenvalue weighted by atomic mass is 10.0. The molecule has 8 heteroatoms. The second-order valence-corrected chi connectivity index (χ2v) is 5.73. The van der Waals surface area contributed by atoms with Gasteiger partial charge in [-0.2, -0.15) is 0 Å². The highest BCUT2D eigenvalue weighted by Gasteiger charge is 2.23. The molecule has 8 nitrogen and oxygen atoms in total. The quantitative estimate of drug-likeness (QED) is 0.675. The highest BCUT2D eigenvalue weighted by Crippen LogP contribution is 2.32. The number of aromatic hydroxyl groups is 1. The van der Waals surface area contributed by atoms with Gasteiger partial charge < -0.3 is 26.2 Å². The number of nitrogen functional groups attached to an aromatic ring is 1. The monoisotopic (exact) mass is 329 g/mol. The molecule has 24 heavy (non-hydrogen) atoms. The van der Waals surface area contributed by atoms with Crippen LogP contribution < -0.4 is 16.0 Å². The van der Waals surface area contributed by atoms with E-state index in [2.05, 4.69) is 20.4 Å². The maximum atomic E-state index is 10.7. The third-order valence-corrected chi connectivity index (χ3v) is 4.14. The first-order valence-electron chi connectivity index (χ1n) is 7.70. The molecule has 0 bridgehead atoms. The number of phenols is 1. The first kappa shape index (κ1) is 15.9. The van der Waals surface area contributed by atoms with Crippen molar-refractivity contribution in [3.63, 3.8) is 0 Å². The number of para-hydroxylation sites is 1. The second-order valence-electron chi connectivity index (χ2n) is 5.73. The van der Waals surface area contributed by atoms with Crippen molar-refractivity contribution < 1.29 is 15.0 Å². The van der Waals surface area contributed by atoms with E-state index in [1.807, 2.05) is 12.1 Å². The maximum absolute atomic E-state index is 10.7. The summed E-state index contributed by atoms with van der Waals surface area (Å²) in [6.45, 7) is 1.34. The average molecular weight is 329 g/mol. The van der Waals surface area contributed by atoms with Gasteiger partial charge in [0.25, 0.3) is 0 Å². The number of nitrogens with zero attached hydrogens (tertiary/aromatic N) is 3. The molecule has 2 heterocycles. The first-order chi connectivity index (χ1) is 11.5. The zero-order valence-corrected chi connectivity index (χ0v) is 13.0. The normalized spacial score (nSPS) is 15.2. The predicted octanol–water partition coefficient (Wildman–Crippen LogP) is 1.67. The van der Waals surface area contributed by atoms with Gasteiger partial charge in [-0.15, -0.1) is 10.2 Å². The van der Waals surface area contributed by atoms with Gasteiger partial charge in [-0.25, -0.2) is 4.79 Å². The minimum atomic E-state index is -1.000. The Morgan fingerprint density at radius 3 is 2.62 bits per heavy atom. The summed E-state index contributed by atoms with van der Waals surface area (Å²) in [5.74, 6) is 0.450. The molecule has 5 N–H and O–H groups in total. The Balaban J connectivity index is 1.81. The van der Waals surface area contributed by atoms with E-state index >= 15 is 0 Å². The summed E-state index contributed by atoms with van der Waals surface area (Å²) in [6.07, 6.45) is 0.389. The molecule has 1 aliphatic heterocycles. The van der Waals surface area contributed by atoms with Gasteiger partial charge in [0.2, 0.25) is 0 Å². The molecule has 126 valence electrons. The fourth-order valence-corrected chi connectivity index (χ4v) is 2.91. The van der Waals surface area contributed by atoms with Crippen molar-refractivity contribution in [2.75, 3.05) is 23.7 Å². The smallest absolute Gasteiger partial charge is 0.404 e. The van der Waals surface area contributed by atoms with Crippen molar-refractivity contribution in [3.05, 3.63) is 30.3 Å². The number of hydrogen-bond acceptors (Lipinski definition) is 6. The Labute approximate surface area is 138 Å². The minimum absolute atomic E-state index is 0.0487. The molecule has 0 unspecified atom stereocenters. The lowest BCUT2D eigenvalue weighted by Crippen LogP contribution is -2.44. The van der Waals surface area contributed by atoms with Crippen LogP contribution in [0.1, 0.15) is 12.8 Å². The van der Waals surface area contributed by atoms with E-state index in [0.29, 0.717) is 43.0 Å². The van der Waals surface area contributed by atoms with Crippen LogP contribution in [0.4, 0.5) is 16.3 Å². The van der Waals surface area contributed by atoms with Gasteiger partial charge in [-0.3, -0.25) is 0 Å². The number of phenolic OH excluding ortho intramolecular Hbond substituents is 1. The summed E-state index contributed by atoms with van der Waals surface area (Å²) in [5.41, 5.74) is 7.85. The SMILES string of the molecule is Nc1nnc(-c2ccccc2O)cc1N1CCC(NC(=O)O)CC1. The lowest BCUT2D eigenvalue weighted by Gasteiger charge is -2.33. The summed E-state index contributed by atoms with van der Waals surface area (Å²) >= 11 is 0. The molecule has 0 aliphatic carbocycles. The number of piperidine rings is 1. The van der Waals surface area contributed by atoms with Gasteiger partial charge in [0.05, 0.1) is 11.4 Å². The average Bonchev–Trinajstić information content (AvgIpc) is 2.56. The molecular weight excluding hydrogens is 310 g/mol. The van der Waals surface area contributed by atoms with E-state index in [9.17, 15) is 9.90 Å². The van der Waals surface area contributed by atoms with E-state index in [1.54, 1.807) is 18.2 Å². The fourth-order valence-electron chi connectivity index (χ4n) is 2.91. The zero-order chi connectivity index (χ0) is 17.1. The van der Waals surface area contributed by atoms with Crippen LogP contribution in [0.3, 0.4) is 0 Å². The molecule has 0 spiro atoms. The highest BCUT2D eigenvalue weighted by atomic mass is 16.4. The highest BCUT2D eigenvalue weighted by molar-refractivity contribution is 5.74. The fraction of sp³-hybridized carbons (Fsp3) is 0.312. The van der Waals surface area contributed by atoms with Gasteiger partial charge in [0, 0.05) is 24.7 Å².